The van der Waals surface area contributed by atoms with E-state index in [-0.39, 0.29) is 0 Å². The van der Waals surface area contributed by atoms with Crippen LogP contribution in [0.3, 0.4) is 0 Å². The normalized spacial score (nSPS) is 25.4. The highest BCUT2D eigenvalue weighted by atomic mass is 15.2. The van der Waals surface area contributed by atoms with Crippen LogP contribution in [0.15, 0.2) is 24.3 Å². The summed E-state index contributed by atoms with van der Waals surface area (Å²) in [5.74, 6) is 0.958. The highest BCUT2D eigenvalue weighted by Crippen LogP contribution is 2.32. The SMILES string of the molecule is NCC1Cc2ccccc2CN1CC1CC1. The second kappa shape index (κ2) is 4.19. The number of hydrogen-bond acceptors (Lipinski definition) is 2. The third-order valence-electron chi connectivity index (χ3n) is 3.93. The van der Waals surface area contributed by atoms with E-state index >= 15 is 0 Å². The molecule has 2 heteroatoms. The van der Waals surface area contributed by atoms with E-state index in [1.807, 2.05) is 0 Å². The lowest BCUT2D eigenvalue weighted by atomic mass is 9.94. The smallest absolute Gasteiger partial charge is 0.0262 e. The molecule has 1 aliphatic heterocycles. The third kappa shape index (κ3) is 2.00. The van der Waals surface area contributed by atoms with Gasteiger partial charge in [-0.25, -0.2) is 0 Å². The summed E-state index contributed by atoms with van der Waals surface area (Å²) in [6.45, 7) is 3.16. The van der Waals surface area contributed by atoms with Crippen LogP contribution in [0.1, 0.15) is 24.0 Å². The average Bonchev–Trinajstić information content (AvgIpc) is 3.12. The molecule has 86 valence electrons. The zero-order valence-electron chi connectivity index (χ0n) is 9.73. The van der Waals surface area contributed by atoms with Crippen molar-refractivity contribution in [1.29, 1.82) is 0 Å². The summed E-state index contributed by atoms with van der Waals surface area (Å²) in [6, 6.07) is 9.38. The number of benzene rings is 1. The Labute approximate surface area is 97.4 Å². The van der Waals surface area contributed by atoms with Gasteiger partial charge in [0.05, 0.1) is 0 Å². The summed E-state index contributed by atoms with van der Waals surface area (Å²) < 4.78 is 0. The Bertz CT molecular complexity index is 371. The second-order valence-electron chi connectivity index (χ2n) is 5.24. The van der Waals surface area contributed by atoms with E-state index in [0.29, 0.717) is 6.04 Å². The van der Waals surface area contributed by atoms with Crippen molar-refractivity contribution in [3.05, 3.63) is 35.4 Å². The summed E-state index contributed by atoms with van der Waals surface area (Å²) in [6.07, 6.45) is 3.99. The molecule has 2 aliphatic rings. The fourth-order valence-corrected chi connectivity index (χ4v) is 2.72. The minimum atomic E-state index is 0.565. The molecular formula is C14H20N2. The lowest BCUT2D eigenvalue weighted by Crippen LogP contribution is -2.45. The zero-order chi connectivity index (χ0) is 11.0. The van der Waals surface area contributed by atoms with Crippen LogP contribution in [0, 0.1) is 5.92 Å². The van der Waals surface area contributed by atoms with Crippen LogP contribution in [0.4, 0.5) is 0 Å². The number of nitrogens with zero attached hydrogens (tertiary/aromatic N) is 1. The van der Waals surface area contributed by atoms with E-state index in [1.54, 1.807) is 0 Å². The highest BCUT2D eigenvalue weighted by molar-refractivity contribution is 5.30. The first-order valence-electron chi connectivity index (χ1n) is 6.37. The van der Waals surface area contributed by atoms with Crippen molar-refractivity contribution in [3.63, 3.8) is 0 Å². The maximum Gasteiger partial charge on any atom is 0.0262 e. The molecule has 0 aromatic heterocycles. The summed E-state index contributed by atoms with van der Waals surface area (Å²) in [5.41, 5.74) is 8.92. The van der Waals surface area contributed by atoms with Gasteiger partial charge in [0.15, 0.2) is 0 Å². The van der Waals surface area contributed by atoms with Crippen molar-refractivity contribution < 1.29 is 0 Å². The van der Waals surface area contributed by atoms with Crippen molar-refractivity contribution in [1.82, 2.24) is 4.90 Å². The minimum absolute atomic E-state index is 0.565. The largest absolute Gasteiger partial charge is 0.329 e. The zero-order valence-corrected chi connectivity index (χ0v) is 9.73. The fourth-order valence-electron chi connectivity index (χ4n) is 2.72. The van der Waals surface area contributed by atoms with E-state index in [4.69, 9.17) is 5.73 Å². The first-order chi connectivity index (χ1) is 7.86. The van der Waals surface area contributed by atoms with Crippen molar-refractivity contribution in [3.8, 4) is 0 Å². The van der Waals surface area contributed by atoms with Crippen LogP contribution in [0.2, 0.25) is 0 Å². The lowest BCUT2D eigenvalue weighted by Gasteiger charge is -2.36. The van der Waals surface area contributed by atoms with Gasteiger partial charge in [-0.1, -0.05) is 24.3 Å². The average molecular weight is 216 g/mol. The van der Waals surface area contributed by atoms with Gasteiger partial charge in [-0.05, 0) is 36.3 Å². The fraction of sp³-hybridized carbons (Fsp3) is 0.571. The Morgan fingerprint density at radius 1 is 1.19 bits per heavy atom. The molecule has 2 N–H and O–H groups in total. The van der Waals surface area contributed by atoms with Gasteiger partial charge in [0, 0.05) is 25.7 Å². The molecule has 16 heavy (non-hydrogen) atoms. The van der Waals surface area contributed by atoms with Crippen LogP contribution in [0.5, 0.6) is 0 Å². The summed E-state index contributed by atoms with van der Waals surface area (Å²) >= 11 is 0. The first kappa shape index (κ1) is 10.3. The lowest BCUT2D eigenvalue weighted by molar-refractivity contribution is 0.168. The van der Waals surface area contributed by atoms with E-state index in [2.05, 4.69) is 29.2 Å². The molecule has 0 spiro atoms. The van der Waals surface area contributed by atoms with Crippen molar-refractivity contribution >= 4 is 0 Å². The van der Waals surface area contributed by atoms with Crippen molar-refractivity contribution in [2.24, 2.45) is 11.7 Å². The molecule has 1 aromatic carbocycles. The molecule has 2 nitrogen and oxygen atoms in total. The molecular weight excluding hydrogens is 196 g/mol. The predicted molar refractivity (Wildman–Crippen MR) is 66.1 cm³/mol. The molecule has 0 bridgehead atoms. The molecule has 3 rings (SSSR count). The summed E-state index contributed by atoms with van der Waals surface area (Å²) in [4.78, 5) is 2.60. The number of rotatable bonds is 3. The van der Waals surface area contributed by atoms with Gasteiger partial charge in [-0.2, -0.15) is 0 Å². The molecule has 1 aromatic rings. The van der Waals surface area contributed by atoms with Crippen molar-refractivity contribution in [2.45, 2.75) is 31.8 Å². The van der Waals surface area contributed by atoms with E-state index < -0.39 is 0 Å². The van der Waals surface area contributed by atoms with E-state index in [9.17, 15) is 0 Å². The Morgan fingerprint density at radius 2 is 1.94 bits per heavy atom. The Balaban J connectivity index is 1.79. The Kier molecular flexibility index (Phi) is 2.70. The number of nitrogens with two attached hydrogens (primary N) is 1. The topological polar surface area (TPSA) is 29.3 Å². The molecule has 1 fully saturated rings. The maximum absolute atomic E-state index is 5.91. The minimum Gasteiger partial charge on any atom is -0.329 e. The quantitative estimate of drug-likeness (QED) is 0.834. The molecule has 0 saturated heterocycles. The van der Waals surface area contributed by atoms with Gasteiger partial charge in [-0.15, -0.1) is 0 Å². The van der Waals surface area contributed by atoms with Crippen LogP contribution >= 0.6 is 0 Å². The molecule has 0 radical (unpaired) electrons. The van der Waals surface area contributed by atoms with Gasteiger partial charge in [0.1, 0.15) is 0 Å². The van der Waals surface area contributed by atoms with Gasteiger partial charge in [-0.3, -0.25) is 4.90 Å². The molecule has 1 aliphatic carbocycles. The second-order valence-corrected chi connectivity index (χ2v) is 5.24. The van der Waals surface area contributed by atoms with Gasteiger partial charge < -0.3 is 5.73 Å². The molecule has 1 heterocycles. The highest BCUT2D eigenvalue weighted by Gasteiger charge is 2.30. The van der Waals surface area contributed by atoms with Crippen LogP contribution in [0.25, 0.3) is 0 Å². The van der Waals surface area contributed by atoms with Crippen LogP contribution in [-0.2, 0) is 13.0 Å². The van der Waals surface area contributed by atoms with Crippen LogP contribution < -0.4 is 5.73 Å². The molecule has 1 unspecified atom stereocenters. The monoisotopic (exact) mass is 216 g/mol. The van der Waals surface area contributed by atoms with Crippen molar-refractivity contribution in [2.75, 3.05) is 13.1 Å². The molecule has 1 atom stereocenters. The first-order valence-corrected chi connectivity index (χ1v) is 6.37. The number of hydrogen-bond donors (Lipinski definition) is 1. The third-order valence-corrected chi connectivity index (χ3v) is 3.93. The van der Waals surface area contributed by atoms with Gasteiger partial charge in [0.2, 0.25) is 0 Å². The van der Waals surface area contributed by atoms with Gasteiger partial charge in [0.25, 0.3) is 0 Å². The van der Waals surface area contributed by atoms with E-state index in [1.165, 1.54) is 30.5 Å². The Hall–Kier alpha value is -0.860. The summed E-state index contributed by atoms with van der Waals surface area (Å²) in [5, 5.41) is 0. The van der Waals surface area contributed by atoms with Gasteiger partial charge >= 0.3 is 0 Å². The predicted octanol–water partition coefficient (Wildman–Crippen LogP) is 1.78. The molecule has 1 saturated carbocycles. The van der Waals surface area contributed by atoms with Crippen LogP contribution in [-0.4, -0.2) is 24.0 Å². The Morgan fingerprint density at radius 3 is 2.62 bits per heavy atom. The molecule has 0 amide bonds. The van der Waals surface area contributed by atoms with E-state index in [0.717, 1.165) is 25.4 Å². The standard InChI is InChI=1S/C14H20N2/c15-8-14-7-12-3-1-2-4-13(12)10-16(14)9-11-5-6-11/h1-4,11,14H,5-10,15H2. The maximum atomic E-state index is 5.91. The summed E-state index contributed by atoms with van der Waals surface area (Å²) in [7, 11) is 0. The number of fused-ring (bicyclic) bond motifs is 1.